The smallest absolute Gasteiger partial charge is 0.244 e. The van der Waals surface area contributed by atoms with Crippen molar-refractivity contribution >= 4 is 23.6 Å². The van der Waals surface area contributed by atoms with Crippen molar-refractivity contribution in [3.63, 3.8) is 0 Å². The lowest BCUT2D eigenvalue weighted by atomic mass is 9.96. The first-order valence-electron chi connectivity index (χ1n) is 9.50. The van der Waals surface area contributed by atoms with Crippen molar-refractivity contribution in [2.75, 3.05) is 19.6 Å². The van der Waals surface area contributed by atoms with Crippen LogP contribution in [0.5, 0.6) is 0 Å². The average Bonchev–Trinajstić information content (AvgIpc) is 2.97. The van der Waals surface area contributed by atoms with Crippen LogP contribution < -0.4 is 5.32 Å². The van der Waals surface area contributed by atoms with Gasteiger partial charge in [0.1, 0.15) is 11.5 Å². The molecule has 1 saturated heterocycles. The summed E-state index contributed by atoms with van der Waals surface area (Å²) in [5, 5.41) is 3.67. The number of nitrogens with one attached hydrogen (secondary N) is 1. The van der Waals surface area contributed by atoms with Crippen LogP contribution in [0.15, 0.2) is 40.8 Å². The van der Waals surface area contributed by atoms with Crippen LogP contribution in [0.2, 0.25) is 5.02 Å². The summed E-state index contributed by atoms with van der Waals surface area (Å²) in [7, 11) is 0. The molecule has 1 aliphatic rings. The Kier molecular flexibility index (Phi) is 6.75. The molecule has 1 aromatic heterocycles. The van der Waals surface area contributed by atoms with E-state index in [1.807, 2.05) is 38.1 Å². The second-order valence-corrected chi connectivity index (χ2v) is 7.67. The molecule has 2 aromatic rings. The zero-order valence-electron chi connectivity index (χ0n) is 16.0. The molecule has 0 aliphatic carbocycles. The van der Waals surface area contributed by atoms with Crippen molar-refractivity contribution in [1.29, 1.82) is 0 Å². The Morgan fingerprint density at radius 2 is 2.04 bits per heavy atom. The topological polar surface area (TPSA) is 45.5 Å². The van der Waals surface area contributed by atoms with Crippen LogP contribution in [0, 0.1) is 19.8 Å². The Bertz CT molecular complexity index is 804. The average molecular weight is 387 g/mol. The van der Waals surface area contributed by atoms with E-state index in [4.69, 9.17) is 16.0 Å². The number of piperidine rings is 1. The van der Waals surface area contributed by atoms with Gasteiger partial charge in [0.05, 0.1) is 0 Å². The molecular formula is C22H27ClN2O2. The lowest BCUT2D eigenvalue weighted by Crippen LogP contribution is -2.38. The summed E-state index contributed by atoms with van der Waals surface area (Å²) < 4.78 is 5.62. The van der Waals surface area contributed by atoms with E-state index in [1.165, 1.54) is 5.56 Å². The number of furan rings is 1. The fraction of sp³-hybridized carbons (Fsp3) is 0.409. The predicted molar refractivity (Wildman–Crippen MR) is 110 cm³/mol. The number of aryl methyl sites for hydroxylation is 2. The van der Waals surface area contributed by atoms with Crippen LogP contribution in [-0.2, 0) is 11.3 Å². The highest BCUT2D eigenvalue weighted by molar-refractivity contribution is 6.32. The molecule has 5 heteroatoms. The van der Waals surface area contributed by atoms with Gasteiger partial charge in [0.25, 0.3) is 0 Å². The minimum atomic E-state index is -0.0677. The highest BCUT2D eigenvalue weighted by Crippen LogP contribution is 2.21. The van der Waals surface area contributed by atoms with Crippen molar-refractivity contribution < 1.29 is 9.21 Å². The Morgan fingerprint density at radius 3 is 2.70 bits per heavy atom. The van der Waals surface area contributed by atoms with Crippen molar-refractivity contribution in [2.45, 2.75) is 33.2 Å². The number of halogens is 1. The Morgan fingerprint density at radius 1 is 1.30 bits per heavy atom. The molecule has 1 amide bonds. The third kappa shape index (κ3) is 5.72. The predicted octanol–water partition coefficient (Wildman–Crippen LogP) is 4.59. The Balaban J connectivity index is 1.40. The molecular weight excluding hydrogens is 360 g/mol. The maximum atomic E-state index is 12.1. The quantitative estimate of drug-likeness (QED) is 0.738. The van der Waals surface area contributed by atoms with Crippen LogP contribution in [0.25, 0.3) is 6.08 Å². The zero-order valence-corrected chi connectivity index (χ0v) is 16.8. The monoisotopic (exact) mass is 386 g/mol. The van der Waals surface area contributed by atoms with Crippen LogP contribution in [0.3, 0.4) is 0 Å². The number of nitrogens with zero attached hydrogens (tertiary/aromatic N) is 1. The van der Waals surface area contributed by atoms with Gasteiger partial charge in [-0.25, -0.2) is 0 Å². The van der Waals surface area contributed by atoms with E-state index in [1.54, 1.807) is 12.2 Å². The first kappa shape index (κ1) is 19.7. The molecule has 1 fully saturated rings. The Labute approximate surface area is 166 Å². The van der Waals surface area contributed by atoms with Crippen LogP contribution in [0.1, 0.15) is 35.5 Å². The minimum absolute atomic E-state index is 0.0677. The van der Waals surface area contributed by atoms with E-state index in [9.17, 15) is 4.79 Å². The summed E-state index contributed by atoms with van der Waals surface area (Å²) in [6.45, 7) is 7.80. The van der Waals surface area contributed by atoms with E-state index >= 15 is 0 Å². The van der Waals surface area contributed by atoms with Crippen molar-refractivity contribution in [1.82, 2.24) is 10.2 Å². The maximum Gasteiger partial charge on any atom is 0.244 e. The van der Waals surface area contributed by atoms with Crippen molar-refractivity contribution in [2.24, 2.45) is 5.92 Å². The number of hydrogen-bond donors (Lipinski definition) is 1. The molecule has 2 heterocycles. The standard InChI is InChI=1S/C22H27ClN2O2/c1-16-13-20(17(2)27-16)15-25-11-9-18(10-12-25)14-24-22(26)8-7-19-5-3-4-6-21(19)23/h3-8,13,18H,9-12,14-15H2,1-2H3,(H,24,26)/b8-7+. The molecule has 0 saturated carbocycles. The summed E-state index contributed by atoms with van der Waals surface area (Å²) in [6, 6.07) is 9.63. The summed E-state index contributed by atoms with van der Waals surface area (Å²) >= 11 is 6.10. The molecule has 4 nitrogen and oxygen atoms in total. The number of rotatable bonds is 6. The summed E-state index contributed by atoms with van der Waals surface area (Å²) in [4.78, 5) is 14.5. The van der Waals surface area contributed by atoms with E-state index < -0.39 is 0 Å². The number of benzene rings is 1. The molecule has 27 heavy (non-hydrogen) atoms. The van der Waals surface area contributed by atoms with Gasteiger partial charge in [-0.15, -0.1) is 0 Å². The molecule has 0 unspecified atom stereocenters. The maximum absolute atomic E-state index is 12.1. The van der Waals surface area contributed by atoms with E-state index in [2.05, 4.69) is 16.3 Å². The van der Waals surface area contributed by atoms with Gasteiger partial charge in [-0.1, -0.05) is 29.8 Å². The largest absolute Gasteiger partial charge is 0.466 e. The number of hydrogen-bond acceptors (Lipinski definition) is 3. The third-order valence-electron chi connectivity index (χ3n) is 5.13. The van der Waals surface area contributed by atoms with Gasteiger partial charge in [0.15, 0.2) is 0 Å². The van der Waals surface area contributed by atoms with Crippen LogP contribution >= 0.6 is 11.6 Å². The van der Waals surface area contributed by atoms with Gasteiger partial charge in [-0.2, -0.15) is 0 Å². The SMILES string of the molecule is Cc1cc(CN2CCC(CNC(=O)/C=C/c3ccccc3Cl)CC2)c(C)o1. The normalized spacial score (nSPS) is 16.1. The van der Waals surface area contributed by atoms with Crippen molar-refractivity contribution in [3.8, 4) is 0 Å². The fourth-order valence-corrected chi connectivity index (χ4v) is 3.71. The molecule has 3 rings (SSSR count). The summed E-state index contributed by atoms with van der Waals surface area (Å²) in [5.74, 6) is 2.46. The highest BCUT2D eigenvalue weighted by Gasteiger charge is 2.20. The number of carbonyl (C=O) groups is 1. The molecule has 1 aliphatic heterocycles. The second kappa shape index (κ2) is 9.25. The summed E-state index contributed by atoms with van der Waals surface area (Å²) in [6.07, 6.45) is 5.52. The number of amides is 1. The minimum Gasteiger partial charge on any atom is -0.466 e. The Hall–Kier alpha value is -2.04. The molecule has 0 spiro atoms. The molecule has 0 radical (unpaired) electrons. The number of likely N-dealkylation sites (tertiary alicyclic amines) is 1. The first-order valence-corrected chi connectivity index (χ1v) is 9.88. The lowest BCUT2D eigenvalue weighted by Gasteiger charge is -2.31. The first-order chi connectivity index (χ1) is 13.0. The van der Waals surface area contributed by atoms with E-state index in [0.29, 0.717) is 10.9 Å². The zero-order chi connectivity index (χ0) is 19.2. The fourth-order valence-electron chi connectivity index (χ4n) is 3.51. The highest BCUT2D eigenvalue weighted by atomic mass is 35.5. The third-order valence-corrected chi connectivity index (χ3v) is 5.47. The van der Waals surface area contributed by atoms with Crippen molar-refractivity contribution in [3.05, 3.63) is 64.1 Å². The van der Waals surface area contributed by atoms with Crippen LogP contribution in [0.4, 0.5) is 0 Å². The van der Waals surface area contributed by atoms with E-state index in [-0.39, 0.29) is 5.91 Å². The molecule has 1 N–H and O–H groups in total. The molecule has 1 aromatic carbocycles. The van der Waals surface area contributed by atoms with Gasteiger partial charge in [0.2, 0.25) is 5.91 Å². The molecule has 0 bridgehead atoms. The molecule has 144 valence electrons. The van der Waals surface area contributed by atoms with Gasteiger partial charge in [-0.3, -0.25) is 9.69 Å². The van der Waals surface area contributed by atoms with Gasteiger partial charge < -0.3 is 9.73 Å². The summed E-state index contributed by atoms with van der Waals surface area (Å²) in [5.41, 5.74) is 2.14. The second-order valence-electron chi connectivity index (χ2n) is 7.26. The number of carbonyl (C=O) groups excluding carboxylic acids is 1. The lowest BCUT2D eigenvalue weighted by molar-refractivity contribution is -0.116. The van der Waals surface area contributed by atoms with Gasteiger partial charge in [-0.05, 0) is 69.5 Å². The van der Waals surface area contributed by atoms with Gasteiger partial charge >= 0.3 is 0 Å². The van der Waals surface area contributed by atoms with Gasteiger partial charge in [0, 0.05) is 29.8 Å². The molecule has 0 atom stereocenters. The van der Waals surface area contributed by atoms with Crippen LogP contribution in [-0.4, -0.2) is 30.4 Å². The van der Waals surface area contributed by atoms with E-state index in [0.717, 1.165) is 56.1 Å².